The molecule has 6 nitrogen and oxygen atoms in total. The third-order valence-corrected chi connectivity index (χ3v) is 4.76. The Morgan fingerprint density at radius 2 is 1.85 bits per heavy atom. The lowest BCUT2D eigenvalue weighted by Gasteiger charge is -2.20. The van der Waals surface area contributed by atoms with Crippen LogP contribution in [0.5, 0.6) is 11.5 Å². The third kappa shape index (κ3) is 4.23. The maximum absolute atomic E-state index is 11.7. The van der Waals surface area contributed by atoms with E-state index in [1.807, 2.05) is 42.7 Å². The minimum atomic E-state index is -0.487. The molecule has 0 saturated heterocycles. The van der Waals surface area contributed by atoms with E-state index in [2.05, 4.69) is 7.05 Å². The van der Waals surface area contributed by atoms with Crippen molar-refractivity contribution in [3.63, 3.8) is 0 Å². The van der Waals surface area contributed by atoms with E-state index in [0.717, 1.165) is 23.4 Å². The summed E-state index contributed by atoms with van der Waals surface area (Å²) in [6.45, 7) is 5.23. The maximum Gasteiger partial charge on any atom is 0.251 e. The first-order chi connectivity index (χ1) is 12.3. The summed E-state index contributed by atoms with van der Waals surface area (Å²) in [6, 6.07) is 7.83. The number of quaternary nitrogens is 1. The molecule has 1 aromatic heterocycles. The molecule has 3 N–H and O–H groups in total. The van der Waals surface area contributed by atoms with E-state index in [9.17, 15) is 4.79 Å². The van der Waals surface area contributed by atoms with Crippen molar-refractivity contribution < 1.29 is 19.2 Å². The zero-order valence-electron chi connectivity index (χ0n) is 15.9. The molecule has 7 heteroatoms. The van der Waals surface area contributed by atoms with E-state index in [0.29, 0.717) is 28.4 Å². The van der Waals surface area contributed by atoms with Gasteiger partial charge < -0.3 is 20.1 Å². The Kier molecular flexibility index (Phi) is 6.39. The highest BCUT2D eigenvalue weighted by atomic mass is 32.1. The van der Waals surface area contributed by atoms with E-state index < -0.39 is 5.91 Å². The van der Waals surface area contributed by atoms with Crippen LogP contribution in [0.1, 0.15) is 27.2 Å². The van der Waals surface area contributed by atoms with Crippen LogP contribution in [0.3, 0.4) is 0 Å². The number of rotatable bonds is 7. The molecule has 1 unspecified atom stereocenters. The smallest absolute Gasteiger partial charge is 0.251 e. The van der Waals surface area contributed by atoms with Crippen LogP contribution in [0.4, 0.5) is 0 Å². The number of ether oxygens (including phenoxy) is 2. The summed E-state index contributed by atoms with van der Waals surface area (Å²) in [6.07, 6.45) is 0. The number of hydrogen-bond acceptors (Lipinski definition) is 4. The second-order valence-corrected chi connectivity index (χ2v) is 6.81. The van der Waals surface area contributed by atoms with E-state index in [1.165, 1.54) is 4.90 Å². The molecule has 0 bridgehead atoms. The Morgan fingerprint density at radius 3 is 2.42 bits per heavy atom. The minimum Gasteiger partial charge on any atom is -0.493 e. The lowest BCUT2D eigenvalue weighted by atomic mass is 10.1. The number of amides is 1. The molecule has 1 aromatic carbocycles. The van der Waals surface area contributed by atoms with Crippen LogP contribution in [0, 0.1) is 18.5 Å². The fourth-order valence-corrected chi connectivity index (χ4v) is 3.56. The summed E-state index contributed by atoms with van der Waals surface area (Å²) in [5.74, 6) is 0.923. The standard InChI is InChI=1S/C19H25N3O3S/c1-12-8-13(2)22(19(26)17(12)18(20)23)11-21(3)10-14-6-7-15(24-4)16(9-14)25-5/h6-9H,10-11H2,1-5H3,(H2,20,23)/p+1. The molecule has 0 spiro atoms. The van der Waals surface area contributed by atoms with Crippen molar-refractivity contribution in [3.05, 3.63) is 51.3 Å². The van der Waals surface area contributed by atoms with Crippen LogP contribution in [-0.4, -0.2) is 31.7 Å². The molecule has 0 radical (unpaired) electrons. The SMILES string of the molecule is COc1ccc(C[NH+](C)Cn2c(C)cc(C)c(C(N)=O)c2=S)cc1OC. The molecular weight excluding hydrogens is 350 g/mol. The minimum absolute atomic E-state index is 0.421. The molecule has 1 heterocycles. The number of aromatic nitrogens is 1. The molecule has 140 valence electrons. The lowest BCUT2D eigenvalue weighted by molar-refractivity contribution is -0.917. The summed E-state index contributed by atoms with van der Waals surface area (Å²) in [4.78, 5) is 12.9. The van der Waals surface area contributed by atoms with Gasteiger partial charge in [0.1, 0.15) is 11.2 Å². The average Bonchev–Trinajstić information content (AvgIpc) is 2.57. The van der Waals surface area contributed by atoms with Crippen molar-refractivity contribution in [2.45, 2.75) is 27.1 Å². The first-order valence-electron chi connectivity index (χ1n) is 8.31. The van der Waals surface area contributed by atoms with Crippen molar-refractivity contribution in [2.24, 2.45) is 5.73 Å². The van der Waals surface area contributed by atoms with Crippen LogP contribution in [0.15, 0.2) is 24.3 Å². The number of hydrogen-bond donors (Lipinski definition) is 2. The number of primary amides is 1. The van der Waals surface area contributed by atoms with Gasteiger partial charge in [-0.2, -0.15) is 0 Å². The highest BCUT2D eigenvalue weighted by molar-refractivity contribution is 7.71. The second-order valence-electron chi connectivity index (χ2n) is 6.42. The van der Waals surface area contributed by atoms with Gasteiger partial charge in [-0.15, -0.1) is 0 Å². The summed E-state index contributed by atoms with van der Waals surface area (Å²) in [5, 5.41) is 0. The summed E-state index contributed by atoms with van der Waals surface area (Å²) in [7, 11) is 5.31. The number of nitrogens with one attached hydrogen (secondary N) is 1. The monoisotopic (exact) mass is 376 g/mol. The predicted molar refractivity (Wildman–Crippen MR) is 103 cm³/mol. The Hall–Kier alpha value is -2.38. The average molecular weight is 377 g/mol. The number of pyridine rings is 1. The number of carbonyl (C=O) groups excluding carboxylic acids is 1. The molecule has 1 amide bonds. The molecule has 0 aliphatic rings. The van der Waals surface area contributed by atoms with Crippen molar-refractivity contribution >= 4 is 18.1 Å². The number of aryl methyl sites for hydroxylation is 2. The molecule has 0 aliphatic carbocycles. The van der Waals surface area contributed by atoms with Crippen molar-refractivity contribution in [2.75, 3.05) is 21.3 Å². The molecular formula is C19H26N3O3S+. The van der Waals surface area contributed by atoms with E-state index in [-0.39, 0.29) is 0 Å². The van der Waals surface area contributed by atoms with Crippen LogP contribution < -0.4 is 20.1 Å². The van der Waals surface area contributed by atoms with Gasteiger partial charge in [0.25, 0.3) is 5.91 Å². The quantitative estimate of drug-likeness (QED) is 0.721. The maximum atomic E-state index is 11.7. The van der Waals surface area contributed by atoms with Gasteiger partial charge in [0, 0.05) is 11.3 Å². The van der Waals surface area contributed by atoms with Gasteiger partial charge in [0.05, 0.1) is 26.8 Å². The number of carbonyl (C=O) groups is 1. The van der Waals surface area contributed by atoms with E-state index in [1.54, 1.807) is 14.2 Å². The van der Waals surface area contributed by atoms with E-state index in [4.69, 9.17) is 27.4 Å². The Morgan fingerprint density at radius 1 is 1.19 bits per heavy atom. The van der Waals surface area contributed by atoms with Crippen LogP contribution >= 0.6 is 12.2 Å². The number of methoxy groups -OCH3 is 2. The van der Waals surface area contributed by atoms with Gasteiger partial charge in [-0.3, -0.25) is 9.36 Å². The van der Waals surface area contributed by atoms with Crippen LogP contribution in [-0.2, 0) is 13.2 Å². The topological polar surface area (TPSA) is 70.9 Å². The van der Waals surface area contributed by atoms with E-state index >= 15 is 0 Å². The Balaban J connectivity index is 2.26. The Bertz CT molecular complexity index is 877. The zero-order valence-corrected chi connectivity index (χ0v) is 16.7. The zero-order chi connectivity index (χ0) is 19.4. The predicted octanol–water partition coefficient (Wildman–Crippen LogP) is 1.62. The molecule has 0 saturated carbocycles. The van der Waals surface area contributed by atoms with Crippen LogP contribution in [0.25, 0.3) is 0 Å². The third-order valence-electron chi connectivity index (χ3n) is 4.33. The summed E-state index contributed by atoms with van der Waals surface area (Å²) < 4.78 is 13.1. The first-order valence-corrected chi connectivity index (χ1v) is 8.72. The van der Waals surface area contributed by atoms with Crippen molar-refractivity contribution in [1.82, 2.24) is 4.57 Å². The number of benzene rings is 1. The highest BCUT2D eigenvalue weighted by Gasteiger charge is 2.15. The van der Waals surface area contributed by atoms with Gasteiger partial charge in [-0.1, -0.05) is 12.2 Å². The Labute approximate surface area is 159 Å². The van der Waals surface area contributed by atoms with Gasteiger partial charge in [-0.05, 0) is 43.7 Å². The molecule has 26 heavy (non-hydrogen) atoms. The normalized spacial score (nSPS) is 11.9. The fourth-order valence-electron chi connectivity index (χ4n) is 3.09. The van der Waals surface area contributed by atoms with Crippen molar-refractivity contribution in [3.8, 4) is 11.5 Å². The number of nitrogens with zero attached hydrogens (tertiary/aromatic N) is 1. The second kappa shape index (κ2) is 8.33. The van der Waals surface area contributed by atoms with Gasteiger partial charge in [-0.25, -0.2) is 0 Å². The molecule has 2 aromatic rings. The van der Waals surface area contributed by atoms with Crippen LogP contribution in [0.2, 0.25) is 0 Å². The molecule has 0 aliphatic heterocycles. The number of nitrogens with two attached hydrogens (primary N) is 1. The molecule has 2 rings (SSSR count). The fraction of sp³-hybridized carbons (Fsp3) is 0.368. The molecule has 0 fully saturated rings. The van der Waals surface area contributed by atoms with Gasteiger partial charge in [0.2, 0.25) is 0 Å². The highest BCUT2D eigenvalue weighted by Crippen LogP contribution is 2.27. The van der Waals surface area contributed by atoms with Gasteiger partial charge in [0.15, 0.2) is 18.2 Å². The first kappa shape index (κ1) is 19.9. The lowest BCUT2D eigenvalue weighted by Crippen LogP contribution is -3.07. The summed E-state index contributed by atoms with van der Waals surface area (Å²) in [5.41, 5.74) is 8.85. The largest absolute Gasteiger partial charge is 0.493 e. The summed E-state index contributed by atoms with van der Waals surface area (Å²) >= 11 is 5.51. The van der Waals surface area contributed by atoms with Gasteiger partial charge >= 0.3 is 0 Å². The van der Waals surface area contributed by atoms with Crippen molar-refractivity contribution in [1.29, 1.82) is 0 Å². The molecule has 1 atom stereocenters.